The van der Waals surface area contributed by atoms with Crippen molar-refractivity contribution in [3.05, 3.63) is 47.9 Å². The molecule has 5 nitrogen and oxygen atoms in total. The van der Waals surface area contributed by atoms with Crippen LogP contribution in [0, 0.1) is 5.92 Å². The first kappa shape index (κ1) is 15.1. The van der Waals surface area contributed by atoms with Crippen molar-refractivity contribution in [2.24, 2.45) is 5.92 Å². The van der Waals surface area contributed by atoms with Crippen LogP contribution in [0.2, 0.25) is 0 Å². The van der Waals surface area contributed by atoms with Crippen LogP contribution in [-0.2, 0) is 17.9 Å². The van der Waals surface area contributed by atoms with E-state index in [0.29, 0.717) is 12.3 Å². The summed E-state index contributed by atoms with van der Waals surface area (Å²) in [6.45, 7) is 4.16. The molecule has 112 valence electrons. The maximum Gasteiger partial charge on any atom is 0.226 e. The van der Waals surface area contributed by atoms with Gasteiger partial charge in [0.15, 0.2) is 0 Å². The average molecular weight is 288 g/mol. The molecular formula is C16H20N2O3. The van der Waals surface area contributed by atoms with Crippen molar-refractivity contribution in [3.63, 3.8) is 0 Å². The van der Waals surface area contributed by atoms with Crippen molar-refractivity contribution < 1.29 is 14.3 Å². The number of rotatable bonds is 6. The largest absolute Gasteiger partial charge is 0.462 e. The van der Waals surface area contributed by atoms with E-state index in [2.05, 4.69) is 10.6 Å². The van der Waals surface area contributed by atoms with Crippen molar-refractivity contribution >= 4 is 17.3 Å². The van der Waals surface area contributed by atoms with E-state index in [1.807, 2.05) is 44.2 Å². The lowest BCUT2D eigenvalue weighted by atomic mass is 10.2. The minimum Gasteiger partial charge on any atom is -0.462 e. The number of benzene rings is 1. The van der Waals surface area contributed by atoms with Crippen LogP contribution in [0.4, 0.5) is 11.4 Å². The minimum absolute atomic E-state index is 0.00262. The first-order valence-corrected chi connectivity index (χ1v) is 6.91. The number of aliphatic hydroxyl groups is 1. The number of hydrogen-bond acceptors (Lipinski definition) is 4. The number of hydrogen-bond donors (Lipinski definition) is 3. The Kier molecular flexibility index (Phi) is 5.00. The summed E-state index contributed by atoms with van der Waals surface area (Å²) < 4.78 is 5.39. The molecule has 2 rings (SSSR count). The van der Waals surface area contributed by atoms with Crippen LogP contribution in [0.3, 0.4) is 0 Å². The SMILES string of the molecule is CC(C)C(=O)Nc1ccc(NCc2ccc(CO)o2)cc1. The van der Waals surface area contributed by atoms with Crippen molar-refractivity contribution in [2.75, 3.05) is 10.6 Å². The van der Waals surface area contributed by atoms with Crippen LogP contribution in [0.5, 0.6) is 0 Å². The Morgan fingerprint density at radius 1 is 1.10 bits per heavy atom. The molecule has 1 aromatic heterocycles. The summed E-state index contributed by atoms with van der Waals surface area (Å²) in [7, 11) is 0. The first-order chi connectivity index (χ1) is 10.1. The van der Waals surface area contributed by atoms with Crippen LogP contribution in [0.25, 0.3) is 0 Å². The van der Waals surface area contributed by atoms with Gasteiger partial charge in [-0.15, -0.1) is 0 Å². The van der Waals surface area contributed by atoms with Gasteiger partial charge in [-0.25, -0.2) is 0 Å². The molecule has 5 heteroatoms. The maximum absolute atomic E-state index is 11.6. The maximum atomic E-state index is 11.6. The zero-order valence-corrected chi connectivity index (χ0v) is 12.2. The summed E-state index contributed by atoms with van der Waals surface area (Å²) in [6.07, 6.45) is 0. The average Bonchev–Trinajstić information content (AvgIpc) is 2.94. The van der Waals surface area contributed by atoms with Gasteiger partial charge in [0.2, 0.25) is 5.91 Å². The molecule has 0 fully saturated rings. The summed E-state index contributed by atoms with van der Waals surface area (Å²) in [4.78, 5) is 11.6. The normalized spacial score (nSPS) is 10.7. The van der Waals surface area contributed by atoms with Crippen LogP contribution in [0.15, 0.2) is 40.8 Å². The Bertz CT molecular complexity index is 588. The Labute approximate surface area is 124 Å². The number of furan rings is 1. The molecule has 0 aliphatic rings. The highest BCUT2D eigenvalue weighted by Gasteiger charge is 2.06. The molecule has 0 saturated carbocycles. The molecule has 0 radical (unpaired) electrons. The fraction of sp³-hybridized carbons (Fsp3) is 0.312. The molecule has 0 bridgehead atoms. The smallest absolute Gasteiger partial charge is 0.226 e. The lowest BCUT2D eigenvalue weighted by Gasteiger charge is -2.09. The molecule has 0 aliphatic heterocycles. The number of carbonyl (C=O) groups is 1. The highest BCUT2D eigenvalue weighted by atomic mass is 16.4. The van der Waals surface area contributed by atoms with Gasteiger partial charge in [0.05, 0.1) is 6.54 Å². The van der Waals surface area contributed by atoms with E-state index in [1.165, 1.54) is 0 Å². The number of aliphatic hydroxyl groups excluding tert-OH is 1. The van der Waals surface area contributed by atoms with Gasteiger partial charge in [-0.05, 0) is 36.4 Å². The lowest BCUT2D eigenvalue weighted by molar-refractivity contribution is -0.118. The third-order valence-electron chi connectivity index (χ3n) is 3.02. The van der Waals surface area contributed by atoms with Gasteiger partial charge in [-0.1, -0.05) is 13.8 Å². The third kappa shape index (κ3) is 4.36. The number of amides is 1. The highest BCUT2D eigenvalue weighted by Crippen LogP contribution is 2.16. The van der Waals surface area contributed by atoms with E-state index in [-0.39, 0.29) is 18.4 Å². The van der Waals surface area contributed by atoms with Gasteiger partial charge < -0.3 is 20.2 Å². The summed E-state index contributed by atoms with van der Waals surface area (Å²) in [6, 6.07) is 11.1. The van der Waals surface area contributed by atoms with Crippen LogP contribution in [0.1, 0.15) is 25.4 Å². The molecule has 0 atom stereocenters. The van der Waals surface area contributed by atoms with E-state index in [0.717, 1.165) is 17.1 Å². The fourth-order valence-electron chi connectivity index (χ4n) is 1.75. The lowest BCUT2D eigenvalue weighted by Crippen LogP contribution is -2.17. The molecule has 21 heavy (non-hydrogen) atoms. The van der Waals surface area contributed by atoms with Crippen molar-refractivity contribution in [1.29, 1.82) is 0 Å². The quantitative estimate of drug-likeness (QED) is 0.764. The Morgan fingerprint density at radius 3 is 2.29 bits per heavy atom. The highest BCUT2D eigenvalue weighted by molar-refractivity contribution is 5.92. The van der Waals surface area contributed by atoms with E-state index in [4.69, 9.17) is 9.52 Å². The van der Waals surface area contributed by atoms with Gasteiger partial charge in [-0.3, -0.25) is 4.79 Å². The molecule has 1 aromatic carbocycles. The van der Waals surface area contributed by atoms with E-state index >= 15 is 0 Å². The molecule has 0 unspecified atom stereocenters. The molecule has 0 aliphatic carbocycles. The second kappa shape index (κ2) is 6.95. The summed E-state index contributed by atoms with van der Waals surface area (Å²) in [5.74, 6) is 1.28. The number of carbonyl (C=O) groups excluding carboxylic acids is 1. The molecule has 2 aromatic rings. The standard InChI is InChI=1S/C16H20N2O3/c1-11(2)16(20)18-13-5-3-12(4-6-13)17-9-14-7-8-15(10-19)21-14/h3-8,11,17,19H,9-10H2,1-2H3,(H,18,20). The van der Waals surface area contributed by atoms with Crippen molar-refractivity contribution in [1.82, 2.24) is 0 Å². The van der Waals surface area contributed by atoms with Gasteiger partial charge in [0, 0.05) is 17.3 Å². The predicted octanol–water partition coefficient (Wildman–Crippen LogP) is 2.98. The van der Waals surface area contributed by atoms with Crippen LogP contribution in [-0.4, -0.2) is 11.0 Å². The Morgan fingerprint density at radius 2 is 1.71 bits per heavy atom. The van der Waals surface area contributed by atoms with E-state index in [1.54, 1.807) is 6.07 Å². The first-order valence-electron chi connectivity index (χ1n) is 6.91. The molecule has 1 amide bonds. The Hall–Kier alpha value is -2.27. The van der Waals surface area contributed by atoms with Gasteiger partial charge in [0.1, 0.15) is 18.1 Å². The number of nitrogens with one attached hydrogen (secondary N) is 2. The summed E-state index contributed by atoms with van der Waals surface area (Å²) in [5, 5.41) is 15.0. The fourth-order valence-corrected chi connectivity index (χ4v) is 1.75. The Balaban J connectivity index is 1.88. The topological polar surface area (TPSA) is 74.5 Å². The second-order valence-corrected chi connectivity index (χ2v) is 5.10. The predicted molar refractivity (Wildman–Crippen MR) is 81.9 cm³/mol. The van der Waals surface area contributed by atoms with E-state index < -0.39 is 0 Å². The molecular weight excluding hydrogens is 268 g/mol. The van der Waals surface area contributed by atoms with Crippen LogP contribution < -0.4 is 10.6 Å². The zero-order chi connectivity index (χ0) is 15.2. The van der Waals surface area contributed by atoms with Crippen LogP contribution >= 0.6 is 0 Å². The molecule has 1 heterocycles. The second-order valence-electron chi connectivity index (χ2n) is 5.10. The molecule has 0 saturated heterocycles. The summed E-state index contributed by atoms with van der Waals surface area (Å²) in [5.41, 5.74) is 1.71. The summed E-state index contributed by atoms with van der Waals surface area (Å²) >= 11 is 0. The van der Waals surface area contributed by atoms with E-state index in [9.17, 15) is 4.79 Å². The molecule has 0 spiro atoms. The minimum atomic E-state index is -0.0930. The number of anilines is 2. The van der Waals surface area contributed by atoms with Gasteiger partial charge in [-0.2, -0.15) is 0 Å². The van der Waals surface area contributed by atoms with Gasteiger partial charge in [0.25, 0.3) is 0 Å². The monoisotopic (exact) mass is 288 g/mol. The molecule has 3 N–H and O–H groups in total. The van der Waals surface area contributed by atoms with Crippen molar-refractivity contribution in [2.45, 2.75) is 27.0 Å². The zero-order valence-electron chi connectivity index (χ0n) is 12.2. The van der Waals surface area contributed by atoms with Gasteiger partial charge >= 0.3 is 0 Å². The third-order valence-corrected chi connectivity index (χ3v) is 3.02. The van der Waals surface area contributed by atoms with Crippen molar-refractivity contribution in [3.8, 4) is 0 Å².